The summed E-state index contributed by atoms with van der Waals surface area (Å²) in [6.07, 6.45) is -3.00. The fourth-order valence-corrected chi connectivity index (χ4v) is 4.46. The second-order valence-electron chi connectivity index (χ2n) is 7.95. The number of hydrogen-bond acceptors (Lipinski definition) is 3. The van der Waals surface area contributed by atoms with Gasteiger partial charge in [-0.05, 0) is 30.0 Å². The molecule has 0 fully saturated rings. The van der Waals surface area contributed by atoms with Crippen molar-refractivity contribution < 1.29 is 18.0 Å². The van der Waals surface area contributed by atoms with Crippen molar-refractivity contribution in [3.05, 3.63) is 77.5 Å². The molecule has 2 atom stereocenters. The number of anilines is 2. The lowest BCUT2D eigenvalue weighted by molar-refractivity contribution is -0.173. The van der Waals surface area contributed by atoms with Gasteiger partial charge in [0, 0.05) is 24.7 Å². The van der Waals surface area contributed by atoms with Crippen LogP contribution in [0.2, 0.25) is 0 Å². The summed E-state index contributed by atoms with van der Waals surface area (Å²) in [6.45, 7) is 0.515. The van der Waals surface area contributed by atoms with Crippen LogP contribution in [0.1, 0.15) is 46.5 Å². The Morgan fingerprint density at radius 2 is 1.81 bits per heavy atom. The summed E-state index contributed by atoms with van der Waals surface area (Å²) in [4.78, 5) is 14.8. The van der Waals surface area contributed by atoms with Gasteiger partial charge in [-0.15, -0.1) is 0 Å². The van der Waals surface area contributed by atoms with E-state index in [0.29, 0.717) is 6.54 Å². The molecule has 160 valence electrons. The van der Waals surface area contributed by atoms with Gasteiger partial charge in [-0.3, -0.25) is 4.79 Å². The standard InChI is InChI=1S/C23H21F3N4O/c24-23(25,26)20-13-17(15-7-2-1-3-8-15)27-21-14-18(28-30(20)21)22(31)29-12-6-10-16-9-4-5-11-19(16)29/h1-5,7-9,11,14,17,20,27H,6,10,12-13H2/t17-,20-/m1/s1. The molecular weight excluding hydrogens is 405 g/mol. The van der Waals surface area contributed by atoms with Gasteiger partial charge >= 0.3 is 6.18 Å². The minimum Gasteiger partial charge on any atom is -0.363 e. The van der Waals surface area contributed by atoms with E-state index in [2.05, 4.69) is 10.4 Å². The van der Waals surface area contributed by atoms with E-state index < -0.39 is 18.3 Å². The second kappa shape index (κ2) is 7.44. The van der Waals surface area contributed by atoms with Gasteiger partial charge in [-0.25, -0.2) is 4.68 Å². The Hall–Kier alpha value is -3.29. The van der Waals surface area contributed by atoms with Crippen molar-refractivity contribution in [2.24, 2.45) is 0 Å². The van der Waals surface area contributed by atoms with Crippen LogP contribution in [0.25, 0.3) is 0 Å². The molecular formula is C23H21F3N4O. The van der Waals surface area contributed by atoms with Crippen molar-refractivity contribution in [3.8, 4) is 0 Å². The van der Waals surface area contributed by atoms with Gasteiger partial charge in [-0.1, -0.05) is 48.5 Å². The van der Waals surface area contributed by atoms with Gasteiger partial charge in [0.1, 0.15) is 5.82 Å². The predicted molar refractivity (Wildman–Crippen MR) is 111 cm³/mol. The number of para-hydroxylation sites is 1. The molecule has 2 aliphatic heterocycles. The quantitative estimate of drug-likeness (QED) is 0.618. The van der Waals surface area contributed by atoms with E-state index in [-0.39, 0.29) is 23.8 Å². The monoisotopic (exact) mass is 426 g/mol. The zero-order valence-corrected chi connectivity index (χ0v) is 16.6. The zero-order chi connectivity index (χ0) is 21.6. The number of nitrogens with one attached hydrogen (secondary N) is 1. The first-order valence-corrected chi connectivity index (χ1v) is 10.3. The molecule has 31 heavy (non-hydrogen) atoms. The number of alkyl halides is 3. The van der Waals surface area contributed by atoms with Crippen LogP contribution in [0.4, 0.5) is 24.7 Å². The molecule has 0 saturated carbocycles. The maximum Gasteiger partial charge on any atom is 0.410 e. The number of halogens is 3. The molecule has 0 spiro atoms. The lowest BCUT2D eigenvalue weighted by Gasteiger charge is -2.33. The third kappa shape index (κ3) is 3.56. The van der Waals surface area contributed by atoms with E-state index in [1.165, 1.54) is 6.07 Å². The van der Waals surface area contributed by atoms with Crippen molar-refractivity contribution in [2.45, 2.75) is 37.5 Å². The summed E-state index contributed by atoms with van der Waals surface area (Å²) in [7, 11) is 0. The van der Waals surface area contributed by atoms with Crippen LogP contribution in [0.15, 0.2) is 60.7 Å². The van der Waals surface area contributed by atoms with Crippen molar-refractivity contribution >= 4 is 17.4 Å². The number of benzene rings is 2. The lowest BCUT2D eigenvalue weighted by Crippen LogP contribution is -2.37. The summed E-state index contributed by atoms with van der Waals surface area (Å²) in [5.74, 6) is -0.177. The normalized spacial score (nSPS) is 20.5. The van der Waals surface area contributed by atoms with Crippen LogP contribution in [-0.4, -0.2) is 28.4 Å². The highest BCUT2D eigenvalue weighted by Gasteiger charge is 2.47. The highest BCUT2D eigenvalue weighted by Crippen LogP contribution is 2.43. The first-order chi connectivity index (χ1) is 14.9. The molecule has 2 aliphatic rings. The van der Waals surface area contributed by atoms with E-state index in [1.54, 1.807) is 29.2 Å². The molecule has 8 heteroatoms. The number of fused-ring (bicyclic) bond motifs is 2. The number of carbonyl (C=O) groups is 1. The summed E-state index contributed by atoms with van der Waals surface area (Å²) >= 11 is 0. The minimum absolute atomic E-state index is 0.0159. The summed E-state index contributed by atoms with van der Waals surface area (Å²) in [5, 5.41) is 7.26. The number of amides is 1. The molecule has 0 radical (unpaired) electrons. The molecule has 1 aromatic heterocycles. The Morgan fingerprint density at radius 3 is 2.58 bits per heavy atom. The van der Waals surface area contributed by atoms with Crippen molar-refractivity contribution in [1.82, 2.24) is 9.78 Å². The van der Waals surface area contributed by atoms with Gasteiger partial charge < -0.3 is 10.2 Å². The van der Waals surface area contributed by atoms with Crippen LogP contribution in [0.3, 0.4) is 0 Å². The van der Waals surface area contributed by atoms with Crippen LogP contribution in [-0.2, 0) is 6.42 Å². The smallest absolute Gasteiger partial charge is 0.363 e. The lowest BCUT2D eigenvalue weighted by atomic mass is 9.97. The van der Waals surface area contributed by atoms with E-state index in [4.69, 9.17) is 0 Å². The van der Waals surface area contributed by atoms with Crippen molar-refractivity contribution in [2.75, 3.05) is 16.8 Å². The molecule has 0 aliphatic carbocycles. The first-order valence-electron chi connectivity index (χ1n) is 10.3. The number of nitrogens with zero attached hydrogens (tertiary/aromatic N) is 3. The third-order valence-corrected chi connectivity index (χ3v) is 5.97. The van der Waals surface area contributed by atoms with E-state index >= 15 is 0 Å². The SMILES string of the molecule is O=C(c1cc2n(n1)[C@@H](C(F)(F)F)C[C@H](c1ccccc1)N2)N1CCCc2ccccc21. The Labute approximate surface area is 177 Å². The van der Waals surface area contributed by atoms with Crippen LogP contribution in [0.5, 0.6) is 0 Å². The first kappa shape index (κ1) is 19.7. The van der Waals surface area contributed by atoms with E-state index in [9.17, 15) is 18.0 Å². The minimum atomic E-state index is -4.48. The fraction of sp³-hybridized carbons (Fsp3) is 0.304. The Balaban J connectivity index is 1.50. The second-order valence-corrected chi connectivity index (χ2v) is 7.95. The Kier molecular flexibility index (Phi) is 4.72. The molecule has 0 unspecified atom stereocenters. The van der Waals surface area contributed by atoms with Crippen LogP contribution in [0, 0.1) is 0 Å². The largest absolute Gasteiger partial charge is 0.410 e. The molecule has 0 saturated heterocycles. The van der Waals surface area contributed by atoms with Crippen LogP contribution < -0.4 is 10.2 Å². The van der Waals surface area contributed by atoms with Gasteiger partial charge in [0.05, 0.1) is 6.04 Å². The van der Waals surface area contributed by atoms with Crippen molar-refractivity contribution in [3.63, 3.8) is 0 Å². The highest BCUT2D eigenvalue weighted by atomic mass is 19.4. The average Bonchev–Trinajstić information content (AvgIpc) is 3.21. The topological polar surface area (TPSA) is 50.2 Å². The van der Waals surface area contributed by atoms with E-state index in [1.807, 2.05) is 30.3 Å². The number of aromatic nitrogens is 2. The Bertz CT molecular complexity index is 1110. The molecule has 5 nitrogen and oxygen atoms in total. The van der Waals surface area contributed by atoms with Gasteiger partial charge in [0.15, 0.2) is 11.7 Å². The summed E-state index contributed by atoms with van der Waals surface area (Å²) in [6, 6.07) is 15.8. The average molecular weight is 426 g/mol. The molecule has 0 bridgehead atoms. The highest BCUT2D eigenvalue weighted by molar-refractivity contribution is 6.06. The summed E-state index contributed by atoms with van der Waals surface area (Å²) < 4.78 is 42.6. The van der Waals surface area contributed by atoms with Crippen molar-refractivity contribution in [1.29, 1.82) is 0 Å². The zero-order valence-electron chi connectivity index (χ0n) is 16.6. The van der Waals surface area contributed by atoms with Gasteiger partial charge in [0.2, 0.25) is 0 Å². The number of carbonyl (C=O) groups excluding carboxylic acids is 1. The molecule has 3 aromatic rings. The molecule has 1 N–H and O–H groups in total. The predicted octanol–water partition coefficient (Wildman–Crippen LogP) is 5.14. The number of aryl methyl sites for hydroxylation is 1. The number of rotatable bonds is 2. The van der Waals surface area contributed by atoms with Gasteiger partial charge in [0.25, 0.3) is 5.91 Å². The number of hydrogen-bond donors (Lipinski definition) is 1. The third-order valence-electron chi connectivity index (χ3n) is 5.97. The molecule has 2 aromatic carbocycles. The maximum absolute atomic E-state index is 13.9. The maximum atomic E-state index is 13.9. The fourth-order valence-electron chi connectivity index (χ4n) is 4.46. The summed E-state index contributed by atoms with van der Waals surface area (Å²) in [5.41, 5.74) is 2.64. The molecule has 3 heterocycles. The molecule has 5 rings (SSSR count). The molecule has 1 amide bonds. The van der Waals surface area contributed by atoms with Crippen LogP contribution >= 0.6 is 0 Å². The van der Waals surface area contributed by atoms with Gasteiger partial charge in [-0.2, -0.15) is 18.3 Å². The van der Waals surface area contributed by atoms with E-state index in [0.717, 1.165) is 34.3 Å². The Morgan fingerprint density at radius 1 is 1.06 bits per heavy atom.